The topological polar surface area (TPSA) is 43.8 Å². The zero-order chi connectivity index (χ0) is 10.7. The van der Waals surface area contributed by atoms with Crippen molar-refractivity contribution >= 4 is 17.4 Å². The highest BCUT2D eigenvalue weighted by Crippen LogP contribution is 2.26. The molecule has 0 radical (unpaired) electrons. The molecule has 0 aliphatic carbocycles. The van der Waals surface area contributed by atoms with E-state index < -0.39 is 0 Å². The average Bonchev–Trinajstić information content (AvgIpc) is 2.69. The molecule has 2 rings (SSSR count). The van der Waals surface area contributed by atoms with Gasteiger partial charge in [0.2, 0.25) is 0 Å². The molecule has 0 unspecified atom stereocenters. The summed E-state index contributed by atoms with van der Waals surface area (Å²) >= 11 is 1.52. The molecule has 0 saturated carbocycles. The van der Waals surface area contributed by atoms with Crippen molar-refractivity contribution in [2.45, 2.75) is 10.8 Å². The van der Waals surface area contributed by atoms with Crippen LogP contribution in [0.1, 0.15) is 0 Å². The lowest BCUT2D eigenvalue weighted by Crippen LogP contribution is -1.96. The van der Waals surface area contributed by atoms with E-state index in [9.17, 15) is 4.39 Å². The van der Waals surface area contributed by atoms with Gasteiger partial charge in [0.25, 0.3) is 0 Å². The molecular weight excluding hydrogens is 213 g/mol. The van der Waals surface area contributed by atoms with Gasteiger partial charge in [0.15, 0.2) is 0 Å². The van der Waals surface area contributed by atoms with Crippen LogP contribution in [0.15, 0.2) is 41.6 Å². The first kappa shape index (κ1) is 10.0. The summed E-state index contributed by atoms with van der Waals surface area (Å²) in [6.07, 6.45) is 3.58. The second kappa shape index (κ2) is 4.35. The fourth-order valence-corrected chi connectivity index (χ4v) is 1.98. The standard InChI is InChI=1S/C10H10FN3S/c11-8-2-3-10(9(12)6-8)15-7-14-5-1-4-13-14/h1-6H,7,12H2. The van der Waals surface area contributed by atoms with Gasteiger partial charge >= 0.3 is 0 Å². The Morgan fingerprint density at radius 2 is 2.33 bits per heavy atom. The maximum absolute atomic E-state index is 12.8. The Kier molecular flexibility index (Phi) is 2.91. The molecule has 1 aromatic heterocycles. The number of halogens is 1. The summed E-state index contributed by atoms with van der Waals surface area (Å²) in [6.45, 7) is 0. The van der Waals surface area contributed by atoms with Gasteiger partial charge in [-0.3, -0.25) is 4.68 Å². The van der Waals surface area contributed by atoms with Crippen molar-refractivity contribution in [3.05, 3.63) is 42.5 Å². The van der Waals surface area contributed by atoms with E-state index >= 15 is 0 Å². The lowest BCUT2D eigenvalue weighted by atomic mass is 10.3. The van der Waals surface area contributed by atoms with Gasteiger partial charge in [0.05, 0.1) is 5.88 Å². The number of benzene rings is 1. The van der Waals surface area contributed by atoms with Crippen molar-refractivity contribution in [3.8, 4) is 0 Å². The third-order valence-corrected chi connectivity index (χ3v) is 2.96. The van der Waals surface area contributed by atoms with Crippen LogP contribution in [-0.4, -0.2) is 9.78 Å². The molecule has 2 aromatic rings. The summed E-state index contributed by atoms with van der Waals surface area (Å²) in [4.78, 5) is 0.868. The van der Waals surface area contributed by atoms with Crippen LogP contribution < -0.4 is 5.73 Å². The van der Waals surface area contributed by atoms with Crippen molar-refractivity contribution in [2.24, 2.45) is 0 Å². The molecule has 78 valence electrons. The van der Waals surface area contributed by atoms with E-state index in [4.69, 9.17) is 5.73 Å². The first-order valence-corrected chi connectivity index (χ1v) is 5.39. The molecular formula is C10H10FN3S. The van der Waals surface area contributed by atoms with E-state index in [2.05, 4.69) is 5.10 Å². The highest BCUT2D eigenvalue weighted by Gasteiger charge is 2.01. The quantitative estimate of drug-likeness (QED) is 0.641. The third kappa shape index (κ3) is 2.50. The molecule has 15 heavy (non-hydrogen) atoms. The van der Waals surface area contributed by atoms with Crippen molar-refractivity contribution < 1.29 is 4.39 Å². The van der Waals surface area contributed by atoms with Crippen LogP contribution in [0.4, 0.5) is 10.1 Å². The van der Waals surface area contributed by atoms with E-state index in [-0.39, 0.29) is 5.82 Å². The Morgan fingerprint density at radius 3 is 3.00 bits per heavy atom. The summed E-state index contributed by atoms with van der Waals surface area (Å²) in [5.41, 5.74) is 6.14. The lowest BCUT2D eigenvalue weighted by molar-refractivity contribution is 0.627. The molecule has 2 N–H and O–H groups in total. The van der Waals surface area contributed by atoms with Gasteiger partial charge in [0.1, 0.15) is 5.82 Å². The highest BCUT2D eigenvalue weighted by atomic mass is 32.2. The number of thioether (sulfide) groups is 1. The first-order valence-electron chi connectivity index (χ1n) is 4.41. The van der Waals surface area contributed by atoms with Crippen LogP contribution in [0.25, 0.3) is 0 Å². The van der Waals surface area contributed by atoms with Crippen molar-refractivity contribution in [2.75, 3.05) is 5.73 Å². The first-order chi connectivity index (χ1) is 7.25. The van der Waals surface area contributed by atoms with Crippen LogP contribution in [-0.2, 0) is 5.88 Å². The zero-order valence-corrected chi connectivity index (χ0v) is 8.75. The van der Waals surface area contributed by atoms with E-state index in [0.717, 1.165) is 4.90 Å². The van der Waals surface area contributed by atoms with Crippen LogP contribution >= 0.6 is 11.8 Å². The van der Waals surface area contributed by atoms with Gasteiger partial charge in [-0.2, -0.15) is 5.10 Å². The number of aromatic nitrogens is 2. The molecule has 3 nitrogen and oxygen atoms in total. The zero-order valence-electron chi connectivity index (χ0n) is 7.93. The molecule has 1 aromatic carbocycles. The second-order valence-corrected chi connectivity index (χ2v) is 3.99. The van der Waals surface area contributed by atoms with Crippen LogP contribution in [0, 0.1) is 5.82 Å². The SMILES string of the molecule is Nc1cc(F)ccc1SCn1cccn1. The predicted octanol–water partition coefficient (Wildman–Crippen LogP) is 2.35. The molecule has 0 atom stereocenters. The highest BCUT2D eigenvalue weighted by molar-refractivity contribution is 7.98. The fraction of sp³-hybridized carbons (Fsp3) is 0.100. The molecule has 0 spiro atoms. The average molecular weight is 223 g/mol. The monoisotopic (exact) mass is 223 g/mol. The van der Waals surface area contributed by atoms with Crippen LogP contribution in [0.5, 0.6) is 0 Å². The van der Waals surface area contributed by atoms with Gasteiger partial charge in [-0.15, -0.1) is 11.8 Å². The minimum atomic E-state index is -0.309. The summed E-state index contributed by atoms with van der Waals surface area (Å²) in [5, 5.41) is 4.06. The Morgan fingerprint density at radius 1 is 1.47 bits per heavy atom. The third-order valence-electron chi connectivity index (χ3n) is 1.88. The molecule has 0 fully saturated rings. The largest absolute Gasteiger partial charge is 0.398 e. The summed E-state index contributed by atoms with van der Waals surface area (Å²) in [7, 11) is 0. The fourth-order valence-electron chi connectivity index (χ4n) is 1.16. The number of anilines is 1. The minimum absolute atomic E-state index is 0.309. The van der Waals surface area contributed by atoms with Crippen molar-refractivity contribution in [3.63, 3.8) is 0 Å². The van der Waals surface area contributed by atoms with E-state index in [1.165, 1.54) is 23.9 Å². The molecule has 0 bridgehead atoms. The minimum Gasteiger partial charge on any atom is -0.398 e. The number of hydrogen-bond acceptors (Lipinski definition) is 3. The Bertz CT molecular complexity index is 442. The van der Waals surface area contributed by atoms with Gasteiger partial charge in [-0.1, -0.05) is 0 Å². The lowest BCUT2D eigenvalue weighted by Gasteiger charge is -2.05. The number of nitrogen functional groups attached to an aromatic ring is 1. The van der Waals surface area contributed by atoms with Crippen molar-refractivity contribution in [1.82, 2.24) is 9.78 Å². The van der Waals surface area contributed by atoms with Crippen LogP contribution in [0.3, 0.4) is 0 Å². The number of nitrogens with zero attached hydrogens (tertiary/aromatic N) is 2. The number of hydrogen-bond donors (Lipinski definition) is 1. The molecule has 0 amide bonds. The Balaban J connectivity index is 2.05. The van der Waals surface area contributed by atoms with E-state index in [1.807, 2.05) is 12.3 Å². The van der Waals surface area contributed by atoms with Gasteiger partial charge in [0, 0.05) is 23.0 Å². The van der Waals surface area contributed by atoms with E-state index in [1.54, 1.807) is 16.9 Å². The second-order valence-electron chi connectivity index (χ2n) is 3.00. The predicted molar refractivity (Wildman–Crippen MR) is 58.9 cm³/mol. The number of nitrogens with two attached hydrogens (primary N) is 1. The Hall–Kier alpha value is -1.49. The maximum Gasteiger partial charge on any atom is 0.125 e. The Labute approximate surface area is 91.1 Å². The smallest absolute Gasteiger partial charge is 0.125 e. The molecule has 1 heterocycles. The molecule has 0 aliphatic heterocycles. The van der Waals surface area contributed by atoms with Gasteiger partial charge < -0.3 is 5.73 Å². The maximum atomic E-state index is 12.8. The summed E-state index contributed by atoms with van der Waals surface area (Å²) in [5.74, 6) is 0.360. The molecule has 5 heteroatoms. The van der Waals surface area contributed by atoms with Crippen LogP contribution in [0.2, 0.25) is 0 Å². The molecule has 0 saturated heterocycles. The van der Waals surface area contributed by atoms with Crippen molar-refractivity contribution in [1.29, 1.82) is 0 Å². The molecule has 0 aliphatic rings. The van der Waals surface area contributed by atoms with Gasteiger partial charge in [-0.25, -0.2) is 4.39 Å². The number of rotatable bonds is 3. The normalized spacial score (nSPS) is 10.5. The van der Waals surface area contributed by atoms with Gasteiger partial charge in [-0.05, 0) is 24.3 Å². The summed E-state index contributed by atoms with van der Waals surface area (Å²) < 4.78 is 14.5. The summed E-state index contributed by atoms with van der Waals surface area (Å²) in [6, 6.07) is 6.26. The van der Waals surface area contributed by atoms with E-state index in [0.29, 0.717) is 11.6 Å².